The molecule has 0 aliphatic heterocycles. The van der Waals surface area contributed by atoms with Crippen molar-refractivity contribution in [2.24, 2.45) is 0 Å². The van der Waals surface area contributed by atoms with Crippen LogP contribution in [0.5, 0.6) is 0 Å². The predicted molar refractivity (Wildman–Crippen MR) is 68.1 cm³/mol. The lowest BCUT2D eigenvalue weighted by molar-refractivity contribution is -0.136. The highest BCUT2D eigenvalue weighted by molar-refractivity contribution is 9.10. The number of amides is 2. The Labute approximate surface area is 112 Å². The van der Waals surface area contributed by atoms with Crippen LogP contribution in [0.2, 0.25) is 0 Å². The lowest BCUT2D eigenvalue weighted by atomic mass is 10.2. The number of urea groups is 1. The van der Waals surface area contributed by atoms with Crippen LogP contribution in [0, 0.1) is 12.7 Å². The third-order valence-electron chi connectivity index (χ3n) is 2.17. The molecule has 0 saturated heterocycles. The summed E-state index contributed by atoms with van der Waals surface area (Å²) < 4.78 is 13.4. The van der Waals surface area contributed by atoms with E-state index in [0.29, 0.717) is 11.3 Å². The van der Waals surface area contributed by atoms with E-state index in [9.17, 15) is 14.0 Å². The first-order valence-corrected chi connectivity index (χ1v) is 5.92. The second-order valence-corrected chi connectivity index (χ2v) is 4.37. The minimum absolute atomic E-state index is 0.00709. The minimum atomic E-state index is -1.00. The van der Waals surface area contributed by atoms with Crippen molar-refractivity contribution in [2.45, 2.75) is 13.3 Å². The van der Waals surface area contributed by atoms with Gasteiger partial charge in [0.05, 0.1) is 16.6 Å². The molecular formula is C11H12BrFN2O3. The lowest BCUT2D eigenvalue weighted by Gasteiger charge is -2.11. The van der Waals surface area contributed by atoms with E-state index in [2.05, 4.69) is 26.6 Å². The number of benzene rings is 1. The van der Waals surface area contributed by atoms with Gasteiger partial charge in [0.2, 0.25) is 0 Å². The fourth-order valence-electron chi connectivity index (χ4n) is 1.24. The molecule has 0 fully saturated rings. The van der Waals surface area contributed by atoms with E-state index < -0.39 is 17.8 Å². The van der Waals surface area contributed by atoms with Crippen LogP contribution in [-0.4, -0.2) is 23.7 Å². The first kappa shape index (κ1) is 14.4. The first-order valence-electron chi connectivity index (χ1n) is 5.13. The molecule has 0 spiro atoms. The van der Waals surface area contributed by atoms with Gasteiger partial charge in [-0.3, -0.25) is 4.79 Å². The largest absolute Gasteiger partial charge is 0.481 e. The zero-order valence-electron chi connectivity index (χ0n) is 9.59. The topological polar surface area (TPSA) is 78.4 Å². The minimum Gasteiger partial charge on any atom is -0.481 e. The van der Waals surface area contributed by atoms with Crippen molar-refractivity contribution in [1.82, 2.24) is 5.32 Å². The summed E-state index contributed by atoms with van der Waals surface area (Å²) in [5, 5.41) is 13.2. The summed E-state index contributed by atoms with van der Waals surface area (Å²) in [4.78, 5) is 21.7. The number of aryl methyl sites for hydroxylation is 1. The van der Waals surface area contributed by atoms with Crippen LogP contribution in [0.25, 0.3) is 0 Å². The number of carboxylic acid groups (broad SMARTS) is 1. The van der Waals surface area contributed by atoms with Gasteiger partial charge in [-0.05, 0) is 34.5 Å². The Balaban J connectivity index is 2.65. The number of nitrogens with one attached hydrogen (secondary N) is 2. The van der Waals surface area contributed by atoms with Crippen molar-refractivity contribution in [3.63, 3.8) is 0 Å². The molecule has 0 heterocycles. The second kappa shape index (κ2) is 6.34. The molecule has 0 aromatic heterocycles. The molecule has 7 heteroatoms. The van der Waals surface area contributed by atoms with E-state index in [-0.39, 0.29) is 17.4 Å². The predicted octanol–water partition coefficient (Wildman–Crippen LogP) is 2.49. The number of anilines is 1. The maximum absolute atomic E-state index is 13.3. The highest BCUT2D eigenvalue weighted by atomic mass is 79.9. The van der Waals surface area contributed by atoms with E-state index in [4.69, 9.17) is 5.11 Å². The average Bonchev–Trinajstić information content (AvgIpc) is 2.29. The van der Waals surface area contributed by atoms with Crippen LogP contribution in [0.4, 0.5) is 14.9 Å². The number of hydrogen-bond acceptors (Lipinski definition) is 2. The fraction of sp³-hybridized carbons (Fsp3) is 0.273. The smallest absolute Gasteiger partial charge is 0.319 e. The Morgan fingerprint density at radius 2 is 2.11 bits per heavy atom. The third kappa shape index (κ3) is 3.99. The summed E-state index contributed by atoms with van der Waals surface area (Å²) in [6.07, 6.45) is -0.170. The molecule has 18 heavy (non-hydrogen) atoms. The summed E-state index contributed by atoms with van der Waals surface area (Å²) in [5.41, 5.74) is 1.01. The van der Waals surface area contributed by atoms with Gasteiger partial charge in [0.25, 0.3) is 0 Å². The molecule has 0 bridgehead atoms. The van der Waals surface area contributed by atoms with E-state index in [1.54, 1.807) is 6.92 Å². The highest BCUT2D eigenvalue weighted by Crippen LogP contribution is 2.28. The Hall–Kier alpha value is -1.63. The second-order valence-electron chi connectivity index (χ2n) is 3.58. The standard InChI is InChI=1S/C11H12BrFN2O3/c1-6-2-3-7(13)9(12)10(6)15-11(18)14-5-4-8(16)17/h2-3H,4-5H2,1H3,(H,16,17)(H2,14,15,18). The van der Waals surface area contributed by atoms with Gasteiger partial charge in [0.15, 0.2) is 0 Å². The van der Waals surface area contributed by atoms with Crippen molar-refractivity contribution in [1.29, 1.82) is 0 Å². The SMILES string of the molecule is Cc1ccc(F)c(Br)c1NC(=O)NCCC(=O)O. The number of carboxylic acids is 1. The molecule has 1 aromatic carbocycles. The maximum atomic E-state index is 13.3. The monoisotopic (exact) mass is 318 g/mol. The summed E-state index contributed by atoms with van der Waals surface area (Å²) in [6, 6.07) is 2.24. The third-order valence-corrected chi connectivity index (χ3v) is 2.94. The first-order chi connectivity index (χ1) is 8.41. The van der Waals surface area contributed by atoms with Gasteiger partial charge in [-0.1, -0.05) is 6.07 Å². The van der Waals surface area contributed by atoms with Gasteiger partial charge in [0, 0.05) is 6.54 Å². The molecule has 0 atom stereocenters. The van der Waals surface area contributed by atoms with Crippen LogP contribution in [0.1, 0.15) is 12.0 Å². The molecule has 0 aliphatic rings. The normalized spacial score (nSPS) is 9.94. The van der Waals surface area contributed by atoms with Gasteiger partial charge in [-0.15, -0.1) is 0 Å². The van der Waals surface area contributed by atoms with Gasteiger partial charge >= 0.3 is 12.0 Å². The molecule has 5 nitrogen and oxygen atoms in total. The number of carbonyl (C=O) groups is 2. The summed E-state index contributed by atoms with van der Waals surface area (Å²) in [7, 11) is 0. The molecule has 1 rings (SSSR count). The zero-order valence-corrected chi connectivity index (χ0v) is 11.2. The van der Waals surface area contributed by atoms with Crippen molar-refractivity contribution in [3.05, 3.63) is 28.0 Å². The Bertz CT molecular complexity index is 480. The maximum Gasteiger partial charge on any atom is 0.319 e. The number of aliphatic carboxylic acids is 1. The van der Waals surface area contributed by atoms with Crippen LogP contribution in [0.3, 0.4) is 0 Å². The van der Waals surface area contributed by atoms with Crippen molar-refractivity contribution in [3.8, 4) is 0 Å². The molecule has 0 unspecified atom stereocenters. The zero-order chi connectivity index (χ0) is 13.7. The van der Waals surface area contributed by atoms with Crippen molar-refractivity contribution < 1.29 is 19.1 Å². The molecular weight excluding hydrogens is 307 g/mol. The van der Waals surface area contributed by atoms with Crippen LogP contribution >= 0.6 is 15.9 Å². The Morgan fingerprint density at radius 3 is 2.72 bits per heavy atom. The van der Waals surface area contributed by atoms with Crippen molar-refractivity contribution in [2.75, 3.05) is 11.9 Å². The molecule has 1 aromatic rings. The Morgan fingerprint density at radius 1 is 1.44 bits per heavy atom. The number of halogens is 2. The highest BCUT2D eigenvalue weighted by Gasteiger charge is 2.11. The molecule has 0 saturated carbocycles. The van der Waals surface area contributed by atoms with E-state index in [0.717, 1.165) is 0 Å². The van der Waals surface area contributed by atoms with E-state index in [1.165, 1.54) is 12.1 Å². The molecule has 98 valence electrons. The van der Waals surface area contributed by atoms with Gasteiger partial charge in [0.1, 0.15) is 5.82 Å². The quantitative estimate of drug-likeness (QED) is 0.798. The summed E-state index contributed by atoms with van der Waals surface area (Å²) in [6.45, 7) is 1.73. The summed E-state index contributed by atoms with van der Waals surface area (Å²) in [5.74, 6) is -1.49. The Kier molecular flexibility index (Phi) is 5.08. The van der Waals surface area contributed by atoms with E-state index in [1.807, 2.05) is 0 Å². The molecule has 3 N–H and O–H groups in total. The van der Waals surface area contributed by atoms with Gasteiger partial charge < -0.3 is 15.7 Å². The molecule has 0 aliphatic carbocycles. The van der Waals surface area contributed by atoms with Gasteiger partial charge in [-0.2, -0.15) is 0 Å². The van der Waals surface area contributed by atoms with Crippen molar-refractivity contribution >= 4 is 33.6 Å². The number of rotatable bonds is 4. The number of hydrogen-bond donors (Lipinski definition) is 3. The number of carbonyl (C=O) groups excluding carboxylic acids is 1. The van der Waals surface area contributed by atoms with Crippen LogP contribution in [-0.2, 0) is 4.79 Å². The molecule has 0 radical (unpaired) electrons. The van der Waals surface area contributed by atoms with E-state index >= 15 is 0 Å². The van der Waals surface area contributed by atoms with Gasteiger partial charge in [-0.25, -0.2) is 9.18 Å². The lowest BCUT2D eigenvalue weighted by Crippen LogP contribution is -2.31. The van der Waals surface area contributed by atoms with Crippen LogP contribution < -0.4 is 10.6 Å². The van der Waals surface area contributed by atoms with Crippen LogP contribution in [0.15, 0.2) is 16.6 Å². The average molecular weight is 319 g/mol. The summed E-state index contributed by atoms with van der Waals surface area (Å²) >= 11 is 3.04. The fourth-order valence-corrected chi connectivity index (χ4v) is 1.79. The molecule has 2 amide bonds.